The van der Waals surface area contributed by atoms with E-state index in [0.29, 0.717) is 6.54 Å². The second kappa shape index (κ2) is 7.03. The van der Waals surface area contributed by atoms with E-state index in [2.05, 4.69) is 53.7 Å². The Morgan fingerprint density at radius 1 is 1.15 bits per heavy atom. The van der Waals surface area contributed by atoms with Crippen molar-refractivity contribution < 1.29 is 14.3 Å². The van der Waals surface area contributed by atoms with Gasteiger partial charge in [0.25, 0.3) is 0 Å². The minimum atomic E-state index is -0.481. The second-order valence-electron chi connectivity index (χ2n) is 9.79. The van der Waals surface area contributed by atoms with Crippen LogP contribution in [0, 0.1) is 19.3 Å². The van der Waals surface area contributed by atoms with Crippen LogP contribution in [0.1, 0.15) is 71.6 Å². The molecule has 1 aromatic rings. The molecule has 2 rings (SSSR count). The fourth-order valence-electron chi connectivity index (χ4n) is 4.37. The molecule has 0 radical (unpaired) electrons. The van der Waals surface area contributed by atoms with Gasteiger partial charge < -0.3 is 14.4 Å². The zero-order valence-electron chi connectivity index (χ0n) is 18.8. The molecule has 0 aliphatic carbocycles. The minimum Gasteiger partial charge on any atom is -0.496 e. The molecule has 0 N–H and O–H groups in total. The lowest BCUT2D eigenvalue weighted by atomic mass is 9.55. The molecule has 1 amide bonds. The van der Waals surface area contributed by atoms with Crippen LogP contribution in [-0.2, 0) is 10.2 Å². The summed E-state index contributed by atoms with van der Waals surface area (Å²) in [5, 5.41) is 0. The zero-order valence-corrected chi connectivity index (χ0v) is 18.8. The number of likely N-dealkylation sites (tertiary alicyclic amines) is 1. The minimum absolute atomic E-state index is 0.0496. The molecule has 0 bridgehead atoms. The maximum absolute atomic E-state index is 12.8. The highest BCUT2D eigenvalue weighted by Gasteiger charge is 2.53. The van der Waals surface area contributed by atoms with E-state index in [1.807, 2.05) is 25.7 Å². The normalized spacial score (nSPS) is 25.3. The van der Waals surface area contributed by atoms with Crippen LogP contribution in [0.5, 0.6) is 5.75 Å². The first-order chi connectivity index (χ1) is 12.2. The SMILES string of the molecule is COc1cc(C)c([C@]2(C)CCN(C(=O)OC(C)(C)C)[C@H](C)C2(C)C)cc1C. The van der Waals surface area contributed by atoms with Gasteiger partial charge in [0, 0.05) is 18.0 Å². The lowest BCUT2D eigenvalue weighted by Gasteiger charge is -2.56. The van der Waals surface area contributed by atoms with E-state index in [0.717, 1.165) is 17.7 Å². The third-order valence-corrected chi connectivity index (χ3v) is 6.75. The topological polar surface area (TPSA) is 38.8 Å². The van der Waals surface area contributed by atoms with Crippen molar-refractivity contribution in [3.8, 4) is 5.75 Å². The molecule has 1 aliphatic heterocycles. The molecule has 0 unspecified atom stereocenters. The van der Waals surface area contributed by atoms with E-state index in [4.69, 9.17) is 9.47 Å². The Morgan fingerprint density at radius 3 is 2.26 bits per heavy atom. The molecule has 4 nitrogen and oxygen atoms in total. The van der Waals surface area contributed by atoms with Gasteiger partial charge in [-0.05, 0) is 76.1 Å². The molecule has 0 saturated carbocycles. The van der Waals surface area contributed by atoms with E-state index in [9.17, 15) is 4.79 Å². The van der Waals surface area contributed by atoms with Gasteiger partial charge in [-0.2, -0.15) is 0 Å². The maximum Gasteiger partial charge on any atom is 0.410 e. The van der Waals surface area contributed by atoms with Crippen LogP contribution < -0.4 is 4.74 Å². The predicted octanol–water partition coefficient (Wildman–Crippen LogP) is 5.63. The van der Waals surface area contributed by atoms with Gasteiger partial charge in [-0.25, -0.2) is 4.79 Å². The van der Waals surface area contributed by atoms with Gasteiger partial charge in [-0.3, -0.25) is 0 Å². The van der Waals surface area contributed by atoms with E-state index in [1.165, 1.54) is 11.1 Å². The Labute approximate surface area is 165 Å². The largest absolute Gasteiger partial charge is 0.496 e. The van der Waals surface area contributed by atoms with Crippen LogP contribution in [0.25, 0.3) is 0 Å². The lowest BCUT2D eigenvalue weighted by molar-refractivity contribution is -0.0397. The summed E-state index contributed by atoms with van der Waals surface area (Å²) in [6.07, 6.45) is 0.684. The number of aryl methyl sites for hydroxylation is 2. The molecule has 1 fully saturated rings. The number of carbonyl (C=O) groups excluding carboxylic acids is 1. The van der Waals surface area contributed by atoms with Gasteiger partial charge in [-0.15, -0.1) is 0 Å². The summed E-state index contributed by atoms with van der Waals surface area (Å²) >= 11 is 0. The van der Waals surface area contributed by atoms with Crippen molar-refractivity contribution in [3.05, 3.63) is 28.8 Å². The van der Waals surface area contributed by atoms with Crippen LogP contribution in [-0.4, -0.2) is 36.3 Å². The first-order valence-electron chi connectivity index (χ1n) is 9.90. The quantitative estimate of drug-likeness (QED) is 0.673. The molecule has 0 spiro atoms. The third kappa shape index (κ3) is 3.81. The Balaban J connectivity index is 2.41. The number of rotatable bonds is 2. The van der Waals surface area contributed by atoms with Crippen LogP contribution in [0.4, 0.5) is 4.79 Å². The Bertz CT molecular complexity index is 717. The number of methoxy groups -OCH3 is 1. The molecule has 2 atom stereocenters. The van der Waals surface area contributed by atoms with Crippen molar-refractivity contribution in [2.24, 2.45) is 5.41 Å². The van der Waals surface area contributed by atoms with Gasteiger partial charge >= 0.3 is 6.09 Å². The van der Waals surface area contributed by atoms with Gasteiger partial charge in [0.2, 0.25) is 0 Å². The van der Waals surface area contributed by atoms with Gasteiger partial charge in [0.1, 0.15) is 11.4 Å². The smallest absolute Gasteiger partial charge is 0.410 e. The first kappa shape index (κ1) is 21.6. The summed E-state index contributed by atoms with van der Waals surface area (Å²) in [6.45, 7) is 19.7. The number of hydrogen-bond donors (Lipinski definition) is 0. The van der Waals surface area contributed by atoms with Gasteiger partial charge in [0.05, 0.1) is 7.11 Å². The molecule has 1 heterocycles. The van der Waals surface area contributed by atoms with Crippen LogP contribution in [0.3, 0.4) is 0 Å². The standard InChI is InChI=1S/C23H37NO3/c1-15-14-19(26-10)16(2)13-18(15)23(9)11-12-24(17(3)22(23,7)8)20(25)27-21(4,5)6/h13-14,17H,11-12H2,1-10H3/t17-,23+/m1/s1. The average Bonchev–Trinajstić information content (AvgIpc) is 2.53. The molecular formula is C23H37NO3. The number of piperidine rings is 1. The second-order valence-corrected chi connectivity index (χ2v) is 9.79. The van der Waals surface area contributed by atoms with Crippen molar-refractivity contribution in [2.45, 2.75) is 85.8 Å². The Morgan fingerprint density at radius 2 is 1.74 bits per heavy atom. The number of amides is 1. The van der Waals surface area contributed by atoms with Crippen molar-refractivity contribution in [1.29, 1.82) is 0 Å². The van der Waals surface area contributed by atoms with E-state index < -0.39 is 5.60 Å². The van der Waals surface area contributed by atoms with Crippen molar-refractivity contribution in [3.63, 3.8) is 0 Å². The number of benzene rings is 1. The molecule has 152 valence electrons. The highest BCUT2D eigenvalue weighted by molar-refractivity contribution is 5.69. The highest BCUT2D eigenvalue weighted by Crippen LogP contribution is 2.52. The van der Waals surface area contributed by atoms with Crippen LogP contribution in [0.2, 0.25) is 0 Å². The average molecular weight is 376 g/mol. The number of nitrogens with zero attached hydrogens (tertiary/aromatic N) is 1. The first-order valence-corrected chi connectivity index (χ1v) is 9.90. The number of ether oxygens (including phenoxy) is 2. The summed E-state index contributed by atoms with van der Waals surface area (Å²) in [5.41, 5.74) is 3.09. The predicted molar refractivity (Wildman–Crippen MR) is 111 cm³/mol. The van der Waals surface area contributed by atoms with Gasteiger partial charge in [0.15, 0.2) is 0 Å². The molecule has 1 aliphatic rings. The molecule has 27 heavy (non-hydrogen) atoms. The van der Waals surface area contributed by atoms with E-state index in [-0.39, 0.29) is 23.0 Å². The van der Waals surface area contributed by atoms with Crippen molar-refractivity contribution in [1.82, 2.24) is 4.90 Å². The summed E-state index contributed by atoms with van der Waals surface area (Å²) in [5.74, 6) is 0.928. The molecule has 1 aromatic carbocycles. The Hall–Kier alpha value is -1.71. The summed E-state index contributed by atoms with van der Waals surface area (Å²) < 4.78 is 11.2. The maximum atomic E-state index is 12.8. The zero-order chi connectivity index (χ0) is 20.8. The van der Waals surface area contributed by atoms with E-state index >= 15 is 0 Å². The third-order valence-electron chi connectivity index (χ3n) is 6.75. The molecule has 0 aromatic heterocycles. The van der Waals surface area contributed by atoms with Crippen LogP contribution in [0.15, 0.2) is 12.1 Å². The number of carbonyl (C=O) groups is 1. The molecule has 1 saturated heterocycles. The van der Waals surface area contributed by atoms with Gasteiger partial charge in [-0.1, -0.05) is 26.8 Å². The molecular weight excluding hydrogens is 338 g/mol. The summed E-state index contributed by atoms with van der Waals surface area (Å²) in [6, 6.07) is 4.47. The summed E-state index contributed by atoms with van der Waals surface area (Å²) in [4.78, 5) is 14.7. The van der Waals surface area contributed by atoms with Crippen LogP contribution >= 0.6 is 0 Å². The highest BCUT2D eigenvalue weighted by atomic mass is 16.6. The summed E-state index contributed by atoms with van der Waals surface area (Å²) in [7, 11) is 1.72. The van der Waals surface area contributed by atoms with E-state index in [1.54, 1.807) is 7.11 Å². The lowest BCUT2D eigenvalue weighted by Crippen LogP contribution is -2.61. The fourth-order valence-corrected chi connectivity index (χ4v) is 4.37. The molecule has 4 heteroatoms. The Kier molecular flexibility index (Phi) is 5.62. The van der Waals surface area contributed by atoms with Crippen molar-refractivity contribution in [2.75, 3.05) is 13.7 Å². The fraction of sp³-hybridized carbons (Fsp3) is 0.696. The monoisotopic (exact) mass is 375 g/mol. The van der Waals surface area contributed by atoms with Crippen molar-refractivity contribution >= 4 is 6.09 Å². The number of hydrogen-bond acceptors (Lipinski definition) is 3.